The maximum atomic E-state index is 12.4. The molecule has 1 aliphatic heterocycles. The lowest BCUT2D eigenvalue weighted by molar-refractivity contribution is -0.154. The Morgan fingerprint density at radius 2 is 1.96 bits per heavy atom. The number of allylic oxidation sites excluding steroid dienone is 1. The molecule has 0 aromatic rings. The molecule has 0 radical (unpaired) electrons. The first-order valence-electron chi connectivity index (χ1n) is 8.82. The van der Waals surface area contributed by atoms with E-state index in [2.05, 4.69) is 13.2 Å². The number of rotatable bonds is 3. The summed E-state index contributed by atoms with van der Waals surface area (Å²) >= 11 is 0. The maximum Gasteiger partial charge on any atom is 0.336 e. The second kappa shape index (κ2) is 7.07. The summed E-state index contributed by atoms with van der Waals surface area (Å²) in [5, 5.41) is 30.6. The van der Waals surface area contributed by atoms with E-state index in [1.165, 1.54) is 6.08 Å². The van der Waals surface area contributed by atoms with Gasteiger partial charge in [0.2, 0.25) is 0 Å². The third kappa shape index (κ3) is 2.96. The van der Waals surface area contributed by atoms with E-state index >= 15 is 0 Å². The lowest BCUT2D eigenvalue weighted by atomic mass is 9.79. The van der Waals surface area contributed by atoms with Gasteiger partial charge in [0, 0.05) is 17.4 Å². The van der Waals surface area contributed by atoms with Crippen molar-refractivity contribution in [1.29, 1.82) is 0 Å². The summed E-state index contributed by atoms with van der Waals surface area (Å²) in [5.41, 5.74) is 1.25. The fourth-order valence-corrected chi connectivity index (χ4v) is 4.40. The molecule has 1 saturated carbocycles. The molecule has 3 rings (SSSR count). The minimum atomic E-state index is -1.33. The van der Waals surface area contributed by atoms with Crippen LogP contribution < -0.4 is 0 Å². The first-order chi connectivity index (χ1) is 12.7. The molecule has 1 saturated heterocycles. The Balaban J connectivity index is 2.04. The molecule has 3 aliphatic rings. The normalized spacial score (nSPS) is 38.7. The van der Waals surface area contributed by atoms with Gasteiger partial charge in [0.25, 0.3) is 0 Å². The molecule has 0 aromatic carbocycles. The largest absolute Gasteiger partial charge is 0.458 e. The minimum absolute atomic E-state index is 0.0285. The van der Waals surface area contributed by atoms with E-state index < -0.39 is 60.7 Å². The standard InChI is InChI=1S/C20H24O7/c1-5-11(7-21)20(25)27-18-15-10(4)19(24)26-17(15)13-8(2)6-12(22)14(13)9(3)16(18)23/h5-6,12-18,21-23H,3-4,7H2,1-2H3. The molecular formula is C20H24O7. The van der Waals surface area contributed by atoms with Crippen molar-refractivity contribution in [3.8, 4) is 0 Å². The van der Waals surface area contributed by atoms with E-state index in [0.717, 1.165) is 5.57 Å². The van der Waals surface area contributed by atoms with Gasteiger partial charge in [-0.3, -0.25) is 0 Å². The zero-order valence-corrected chi connectivity index (χ0v) is 15.3. The quantitative estimate of drug-likeness (QED) is 0.372. The van der Waals surface area contributed by atoms with Crippen molar-refractivity contribution in [3.63, 3.8) is 0 Å². The van der Waals surface area contributed by atoms with Crippen molar-refractivity contribution in [2.45, 2.75) is 38.3 Å². The highest BCUT2D eigenvalue weighted by Gasteiger charge is 2.58. The Morgan fingerprint density at radius 1 is 1.30 bits per heavy atom. The molecule has 1 heterocycles. The van der Waals surface area contributed by atoms with Crippen LogP contribution in [0.2, 0.25) is 0 Å². The fourth-order valence-electron chi connectivity index (χ4n) is 4.40. The van der Waals surface area contributed by atoms with Crippen molar-refractivity contribution in [2.75, 3.05) is 6.61 Å². The second-order valence-electron chi connectivity index (χ2n) is 7.24. The predicted octanol–water partition coefficient (Wildman–Crippen LogP) is 0.418. The molecule has 3 N–H and O–H groups in total. The number of esters is 2. The molecule has 7 heteroatoms. The van der Waals surface area contributed by atoms with E-state index in [-0.39, 0.29) is 11.1 Å². The zero-order chi connectivity index (χ0) is 20.0. The van der Waals surface area contributed by atoms with E-state index in [1.54, 1.807) is 13.0 Å². The SMILES string of the molecule is C=C1C(=O)OC2C1C(OC(=O)C(=CC)CO)C(O)C(=C)C1C(O)C=C(C)C21. The second-order valence-corrected chi connectivity index (χ2v) is 7.24. The van der Waals surface area contributed by atoms with Crippen molar-refractivity contribution in [1.82, 2.24) is 0 Å². The molecule has 27 heavy (non-hydrogen) atoms. The lowest BCUT2D eigenvalue weighted by Gasteiger charge is -2.29. The Hall–Kier alpha value is -2.22. The summed E-state index contributed by atoms with van der Waals surface area (Å²) in [6.07, 6.45) is -1.04. The van der Waals surface area contributed by atoms with Crippen molar-refractivity contribution in [3.05, 3.63) is 47.6 Å². The molecule has 2 fully saturated rings. The van der Waals surface area contributed by atoms with Gasteiger partial charge >= 0.3 is 11.9 Å². The average molecular weight is 376 g/mol. The smallest absolute Gasteiger partial charge is 0.336 e. The summed E-state index contributed by atoms with van der Waals surface area (Å²) in [4.78, 5) is 24.6. The third-order valence-corrected chi connectivity index (χ3v) is 5.83. The topological polar surface area (TPSA) is 113 Å². The molecule has 0 spiro atoms. The average Bonchev–Trinajstić information content (AvgIpc) is 3.04. The van der Waals surface area contributed by atoms with E-state index in [0.29, 0.717) is 5.57 Å². The molecule has 0 aromatic heterocycles. The summed E-state index contributed by atoms with van der Waals surface area (Å²) < 4.78 is 11.0. The monoisotopic (exact) mass is 376 g/mol. The predicted molar refractivity (Wildman–Crippen MR) is 95.1 cm³/mol. The Labute approximate surface area is 157 Å². The number of hydrogen-bond acceptors (Lipinski definition) is 7. The first kappa shape index (κ1) is 19.5. The summed E-state index contributed by atoms with van der Waals surface area (Å²) in [6.45, 7) is 10.6. The lowest BCUT2D eigenvalue weighted by Crippen LogP contribution is -2.42. The molecule has 7 unspecified atom stereocenters. The number of carbonyl (C=O) groups excluding carboxylic acids is 2. The van der Waals surface area contributed by atoms with Gasteiger partial charge in [0.15, 0.2) is 0 Å². The van der Waals surface area contributed by atoms with Crippen molar-refractivity contribution >= 4 is 11.9 Å². The van der Waals surface area contributed by atoms with Crippen molar-refractivity contribution < 1.29 is 34.4 Å². The molecule has 146 valence electrons. The van der Waals surface area contributed by atoms with Gasteiger partial charge in [-0.25, -0.2) is 9.59 Å². The molecule has 0 bridgehead atoms. The minimum Gasteiger partial charge on any atom is -0.458 e. The van der Waals surface area contributed by atoms with Gasteiger partial charge in [-0.15, -0.1) is 0 Å². The fraction of sp³-hybridized carbons (Fsp3) is 0.500. The molecular weight excluding hydrogens is 352 g/mol. The van der Waals surface area contributed by atoms with Crippen LogP contribution in [-0.4, -0.2) is 58.3 Å². The van der Waals surface area contributed by atoms with E-state index in [9.17, 15) is 24.9 Å². The molecule has 2 aliphatic carbocycles. The van der Waals surface area contributed by atoms with Crippen LogP contribution in [0.15, 0.2) is 47.6 Å². The number of aliphatic hydroxyl groups is 3. The van der Waals surface area contributed by atoms with Crippen LogP contribution in [0.25, 0.3) is 0 Å². The number of carbonyl (C=O) groups is 2. The molecule has 7 atom stereocenters. The number of hydrogen-bond donors (Lipinski definition) is 3. The van der Waals surface area contributed by atoms with Gasteiger partial charge in [-0.1, -0.05) is 30.9 Å². The number of fused-ring (bicyclic) bond motifs is 3. The van der Waals surface area contributed by atoms with Crippen LogP contribution in [0.4, 0.5) is 0 Å². The first-order valence-corrected chi connectivity index (χ1v) is 8.82. The molecule has 0 amide bonds. The van der Waals surface area contributed by atoms with E-state index in [4.69, 9.17) is 9.47 Å². The van der Waals surface area contributed by atoms with Crippen LogP contribution >= 0.6 is 0 Å². The highest BCUT2D eigenvalue weighted by atomic mass is 16.6. The van der Waals surface area contributed by atoms with E-state index in [1.807, 2.05) is 6.92 Å². The van der Waals surface area contributed by atoms with Crippen LogP contribution in [0, 0.1) is 17.8 Å². The zero-order valence-electron chi connectivity index (χ0n) is 15.3. The van der Waals surface area contributed by atoms with Gasteiger partial charge in [-0.05, 0) is 19.4 Å². The van der Waals surface area contributed by atoms with Crippen LogP contribution in [-0.2, 0) is 19.1 Å². The molecule has 7 nitrogen and oxygen atoms in total. The van der Waals surface area contributed by atoms with Crippen LogP contribution in [0.5, 0.6) is 0 Å². The Kier molecular flexibility index (Phi) is 5.12. The van der Waals surface area contributed by atoms with Crippen LogP contribution in [0.3, 0.4) is 0 Å². The number of ether oxygens (including phenoxy) is 2. The maximum absolute atomic E-state index is 12.4. The third-order valence-electron chi connectivity index (χ3n) is 5.83. The summed E-state index contributed by atoms with van der Waals surface area (Å²) in [5.74, 6) is -3.16. The van der Waals surface area contributed by atoms with Gasteiger partial charge < -0.3 is 24.8 Å². The van der Waals surface area contributed by atoms with Gasteiger partial charge in [0.1, 0.15) is 18.3 Å². The highest BCUT2D eigenvalue weighted by molar-refractivity contribution is 5.92. The number of aliphatic hydroxyl groups excluding tert-OH is 3. The Morgan fingerprint density at radius 3 is 2.56 bits per heavy atom. The summed E-state index contributed by atoms with van der Waals surface area (Å²) in [6, 6.07) is 0. The van der Waals surface area contributed by atoms with Gasteiger partial charge in [-0.2, -0.15) is 0 Å². The van der Waals surface area contributed by atoms with Gasteiger partial charge in [0.05, 0.1) is 24.2 Å². The van der Waals surface area contributed by atoms with Crippen molar-refractivity contribution in [2.24, 2.45) is 17.8 Å². The summed E-state index contributed by atoms with van der Waals surface area (Å²) in [7, 11) is 0. The highest BCUT2D eigenvalue weighted by Crippen LogP contribution is 2.51. The van der Waals surface area contributed by atoms with Crippen LogP contribution in [0.1, 0.15) is 13.8 Å². The Bertz CT molecular complexity index is 762.